The van der Waals surface area contributed by atoms with Crippen molar-refractivity contribution >= 4 is 40.2 Å². The number of unbranched alkanes of at least 4 members (excludes halogenated alkanes) is 9. The van der Waals surface area contributed by atoms with E-state index in [-0.39, 0.29) is 63.8 Å². The van der Waals surface area contributed by atoms with Crippen molar-refractivity contribution in [3.63, 3.8) is 0 Å². The van der Waals surface area contributed by atoms with Gasteiger partial charge in [0.2, 0.25) is 0 Å². The summed E-state index contributed by atoms with van der Waals surface area (Å²) in [6.45, 7) is 4.53. The van der Waals surface area contributed by atoms with Crippen LogP contribution in [0.1, 0.15) is 98.9 Å². The quantitative estimate of drug-likeness (QED) is 0.168. The van der Waals surface area contributed by atoms with Crippen molar-refractivity contribution in [3.8, 4) is 5.75 Å². The number of anilines is 1. The van der Waals surface area contributed by atoms with Gasteiger partial charge < -0.3 is 19.7 Å². The second-order valence-corrected chi connectivity index (χ2v) is 10.0. The summed E-state index contributed by atoms with van der Waals surface area (Å²) in [5.41, 5.74) is 0.133. The molecule has 0 unspecified atom stereocenters. The molecule has 0 aliphatic rings. The molecule has 0 fully saturated rings. The Morgan fingerprint density at radius 3 is 2.25 bits per heavy atom. The maximum atomic E-state index is 13.0. The van der Waals surface area contributed by atoms with Gasteiger partial charge in [-0.3, -0.25) is 9.59 Å². The van der Waals surface area contributed by atoms with Crippen LogP contribution in [0.4, 0.5) is 5.69 Å². The van der Waals surface area contributed by atoms with E-state index in [1.54, 1.807) is 6.92 Å². The Balaban J connectivity index is 0.00000560. The van der Waals surface area contributed by atoms with Crippen LogP contribution < -0.4 is 45.5 Å². The third kappa shape index (κ3) is 9.61. The Kier molecular flexibility index (Phi) is 14.7. The first-order valence-corrected chi connectivity index (χ1v) is 14.2. The fraction of sp³-hybridized carbons (Fsp3) is 0.467. The summed E-state index contributed by atoms with van der Waals surface area (Å²) in [6, 6.07) is 8.54. The molecule has 10 heteroatoms. The fourth-order valence-corrected chi connectivity index (χ4v) is 4.61. The standard InChI is InChI=1S/C30H38ClN3O5.Na/c1-3-5-6-7-8-9-10-11-12-13-18-39-30(38)21-14-16-23(31)25(19-21)33-28(36)27-29(37)34(4-2)26-20-22(35)15-17-24(26)32-27;/h14-17,19-20,35H,3-13,18H2,1-2H3,(H,33,36);/q;+1/p-1. The number of nitrogens with one attached hydrogen (secondary N) is 1. The molecule has 1 amide bonds. The average Bonchev–Trinajstić information content (AvgIpc) is 2.92. The number of rotatable bonds is 15. The van der Waals surface area contributed by atoms with Crippen LogP contribution in [-0.4, -0.2) is 28.0 Å². The minimum Gasteiger partial charge on any atom is -0.872 e. The van der Waals surface area contributed by atoms with E-state index in [9.17, 15) is 19.5 Å². The first-order chi connectivity index (χ1) is 18.8. The van der Waals surface area contributed by atoms with E-state index in [1.807, 2.05) is 0 Å². The van der Waals surface area contributed by atoms with Gasteiger partial charge in [0.25, 0.3) is 11.5 Å². The number of fused-ring (bicyclic) bond motifs is 1. The number of amides is 1. The van der Waals surface area contributed by atoms with Crippen LogP contribution in [0.2, 0.25) is 5.02 Å². The van der Waals surface area contributed by atoms with Gasteiger partial charge in [0.15, 0.2) is 5.69 Å². The first kappa shape index (κ1) is 33.8. The molecule has 1 aromatic heterocycles. The number of carbonyl (C=O) groups excluding carboxylic acids is 2. The van der Waals surface area contributed by atoms with Crippen molar-refractivity contribution < 1.29 is 49.0 Å². The molecular formula is C30H37ClN3NaO5. The summed E-state index contributed by atoms with van der Waals surface area (Å²) in [6.07, 6.45) is 11.9. The van der Waals surface area contributed by atoms with E-state index < -0.39 is 17.4 Å². The van der Waals surface area contributed by atoms with Crippen molar-refractivity contribution in [2.75, 3.05) is 11.9 Å². The number of carbonyl (C=O) groups is 2. The molecule has 3 aromatic rings. The van der Waals surface area contributed by atoms with Crippen LogP contribution in [0.3, 0.4) is 0 Å². The van der Waals surface area contributed by atoms with Crippen LogP contribution in [0, 0.1) is 0 Å². The molecule has 0 radical (unpaired) electrons. The minimum atomic E-state index is -0.770. The number of halogens is 1. The predicted molar refractivity (Wildman–Crippen MR) is 153 cm³/mol. The molecule has 0 atom stereocenters. The monoisotopic (exact) mass is 577 g/mol. The number of ether oxygens (including phenoxy) is 1. The number of esters is 1. The van der Waals surface area contributed by atoms with Crippen LogP contribution in [-0.2, 0) is 11.3 Å². The van der Waals surface area contributed by atoms with Crippen molar-refractivity contribution in [1.82, 2.24) is 9.55 Å². The average molecular weight is 578 g/mol. The SMILES string of the molecule is CCCCCCCCCCCCOC(=O)c1ccc(Cl)c(NC(=O)c2nc3ccc([O-])cc3n(CC)c2=O)c1.[Na+]. The maximum absolute atomic E-state index is 13.0. The molecule has 0 bridgehead atoms. The number of benzene rings is 2. The van der Waals surface area contributed by atoms with Crippen molar-refractivity contribution in [2.45, 2.75) is 84.6 Å². The molecule has 1 N–H and O–H groups in total. The van der Waals surface area contributed by atoms with Crippen LogP contribution in [0.25, 0.3) is 11.0 Å². The summed E-state index contributed by atoms with van der Waals surface area (Å²) in [4.78, 5) is 42.7. The molecule has 0 saturated carbocycles. The third-order valence-corrected chi connectivity index (χ3v) is 6.96. The Hall–Kier alpha value is -2.39. The molecule has 8 nitrogen and oxygen atoms in total. The molecule has 0 saturated heterocycles. The Bertz CT molecular complexity index is 1340. The Morgan fingerprint density at radius 2 is 1.60 bits per heavy atom. The van der Waals surface area contributed by atoms with Gasteiger partial charge in [-0.15, -0.1) is 5.75 Å². The third-order valence-electron chi connectivity index (χ3n) is 6.63. The summed E-state index contributed by atoms with van der Waals surface area (Å²) in [5, 5.41) is 14.5. The molecule has 0 aliphatic carbocycles. The number of aryl methyl sites for hydroxylation is 1. The van der Waals surface area contributed by atoms with E-state index in [2.05, 4.69) is 17.2 Å². The van der Waals surface area contributed by atoms with E-state index in [4.69, 9.17) is 16.3 Å². The molecule has 3 rings (SSSR count). The van der Waals surface area contributed by atoms with Crippen molar-refractivity contribution in [3.05, 3.63) is 63.0 Å². The zero-order valence-electron chi connectivity index (χ0n) is 23.8. The molecule has 40 heavy (non-hydrogen) atoms. The summed E-state index contributed by atoms with van der Waals surface area (Å²) < 4.78 is 6.73. The Labute approximate surface area is 262 Å². The van der Waals surface area contributed by atoms with Crippen LogP contribution in [0.5, 0.6) is 5.75 Å². The smallest absolute Gasteiger partial charge is 0.872 e. The molecule has 2 aromatic carbocycles. The number of hydrogen-bond donors (Lipinski definition) is 1. The normalized spacial score (nSPS) is 10.8. The van der Waals surface area contributed by atoms with Gasteiger partial charge in [0.1, 0.15) is 0 Å². The zero-order chi connectivity index (χ0) is 28.2. The van der Waals surface area contributed by atoms with Crippen LogP contribution in [0.15, 0.2) is 41.2 Å². The molecule has 1 heterocycles. The topological polar surface area (TPSA) is 113 Å². The van der Waals surface area contributed by atoms with Gasteiger partial charge >= 0.3 is 35.5 Å². The number of hydrogen-bond acceptors (Lipinski definition) is 6. The first-order valence-electron chi connectivity index (χ1n) is 13.8. The zero-order valence-corrected chi connectivity index (χ0v) is 26.5. The van der Waals surface area contributed by atoms with E-state index in [1.165, 1.54) is 85.9 Å². The Morgan fingerprint density at radius 1 is 0.950 bits per heavy atom. The van der Waals surface area contributed by atoms with Crippen LogP contribution >= 0.6 is 11.6 Å². The molecule has 0 aliphatic heterocycles. The molecule has 0 spiro atoms. The maximum Gasteiger partial charge on any atom is 1.00 e. The number of nitrogens with zero attached hydrogens (tertiary/aromatic N) is 2. The van der Waals surface area contributed by atoms with Gasteiger partial charge in [-0.25, -0.2) is 9.78 Å². The summed E-state index contributed by atoms with van der Waals surface area (Å²) >= 11 is 6.26. The van der Waals surface area contributed by atoms with Gasteiger partial charge in [-0.05, 0) is 43.7 Å². The van der Waals surface area contributed by atoms with E-state index in [0.717, 1.165) is 19.3 Å². The molecule has 210 valence electrons. The van der Waals surface area contributed by atoms with E-state index >= 15 is 0 Å². The predicted octanol–water partition coefficient (Wildman–Crippen LogP) is 3.48. The van der Waals surface area contributed by atoms with Gasteiger partial charge in [0.05, 0.1) is 33.9 Å². The van der Waals surface area contributed by atoms with Crippen molar-refractivity contribution in [1.29, 1.82) is 0 Å². The molecular weight excluding hydrogens is 541 g/mol. The van der Waals surface area contributed by atoms with Crippen molar-refractivity contribution in [2.24, 2.45) is 0 Å². The van der Waals surface area contributed by atoms with E-state index in [0.29, 0.717) is 17.6 Å². The fourth-order valence-electron chi connectivity index (χ4n) is 4.45. The number of aromatic nitrogens is 2. The second-order valence-electron chi connectivity index (χ2n) is 9.63. The van der Waals surface area contributed by atoms with Gasteiger partial charge in [-0.1, -0.05) is 82.4 Å². The summed E-state index contributed by atoms with van der Waals surface area (Å²) in [7, 11) is 0. The van der Waals surface area contributed by atoms with Gasteiger partial charge in [0, 0.05) is 6.54 Å². The second kappa shape index (κ2) is 17.4. The summed E-state index contributed by atoms with van der Waals surface area (Å²) in [5.74, 6) is -1.54. The minimum absolute atomic E-state index is 0. The largest absolute Gasteiger partial charge is 1.00 e. The van der Waals surface area contributed by atoms with Gasteiger partial charge in [-0.2, -0.15) is 0 Å².